The van der Waals surface area contributed by atoms with Gasteiger partial charge >= 0.3 is 0 Å². The number of anilines is 2. The molecule has 0 unspecified atom stereocenters. The monoisotopic (exact) mass is 212 g/mol. The Balaban J connectivity index is 2.23. The van der Waals surface area contributed by atoms with Crippen LogP contribution in [-0.4, -0.2) is 11.4 Å². The molecule has 1 aromatic carbocycles. The molecule has 1 amide bonds. The molecule has 0 radical (unpaired) electrons. The first-order valence-electron chi connectivity index (χ1n) is 4.86. The van der Waals surface area contributed by atoms with Gasteiger partial charge in [0.1, 0.15) is 5.69 Å². The average Bonchev–Trinajstić information content (AvgIpc) is 2.36. The van der Waals surface area contributed by atoms with Crippen LogP contribution in [0.3, 0.4) is 0 Å². The lowest BCUT2D eigenvalue weighted by Gasteiger charge is -2.26. The lowest BCUT2D eigenvalue weighted by molar-refractivity contribution is -0.106. The quantitative estimate of drug-likeness (QED) is 0.682. The maximum Gasteiger partial charge on any atom is 0.243 e. The van der Waals surface area contributed by atoms with Gasteiger partial charge in [-0.15, -0.1) is 0 Å². The van der Waals surface area contributed by atoms with Gasteiger partial charge in [0.15, 0.2) is 5.75 Å². The fourth-order valence-corrected chi connectivity index (χ4v) is 1.73. The van der Waals surface area contributed by atoms with Crippen LogP contribution in [0.1, 0.15) is 0 Å². The Bertz CT molecular complexity index is 509. The standard InChI is InChI=1S/C12H8N2O2/c15-8-14-9-4-1-2-6-11(9)16-12-10(14)5-3-7-13-12/h1-8H. The number of amides is 1. The van der Waals surface area contributed by atoms with Crippen LogP contribution in [0, 0.1) is 0 Å². The van der Waals surface area contributed by atoms with Crippen molar-refractivity contribution in [1.82, 2.24) is 4.98 Å². The molecule has 1 aromatic heterocycles. The van der Waals surface area contributed by atoms with Gasteiger partial charge in [0.05, 0.1) is 5.69 Å². The van der Waals surface area contributed by atoms with Crippen molar-refractivity contribution in [2.24, 2.45) is 0 Å². The average molecular weight is 212 g/mol. The van der Waals surface area contributed by atoms with E-state index in [4.69, 9.17) is 4.74 Å². The fraction of sp³-hybridized carbons (Fsp3) is 0. The van der Waals surface area contributed by atoms with Gasteiger partial charge in [0.25, 0.3) is 0 Å². The van der Waals surface area contributed by atoms with E-state index in [0.29, 0.717) is 17.3 Å². The highest BCUT2D eigenvalue weighted by Crippen LogP contribution is 2.43. The molecule has 0 spiro atoms. The van der Waals surface area contributed by atoms with Gasteiger partial charge in [-0.1, -0.05) is 12.1 Å². The van der Waals surface area contributed by atoms with Gasteiger partial charge in [-0.3, -0.25) is 9.69 Å². The second-order valence-corrected chi connectivity index (χ2v) is 3.37. The molecule has 0 atom stereocenters. The SMILES string of the molecule is O=CN1c2ccccc2Oc2ncccc21. The molecule has 0 aliphatic carbocycles. The minimum Gasteiger partial charge on any atom is -0.435 e. The molecule has 3 rings (SSSR count). The van der Waals surface area contributed by atoms with E-state index in [2.05, 4.69) is 4.98 Å². The minimum absolute atomic E-state index is 0.452. The van der Waals surface area contributed by atoms with Crippen molar-refractivity contribution in [1.29, 1.82) is 0 Å². The van der Waals surface area contributed by atoms with E-state index >= 15 is 0 Å². The maximum atomic E-state index is 11.1. The summed E-state index contributed by atoms with van der Waals surface area (Å²) in [6, 6.07) is 10.9. The van der Waals surface area contributed by atoms with Crippen molar-refractivity contribution in [2.45, 2.75) is 0 Å². The van der Waals surface area contributed by atoms with Crippen molar-refractivity contribution in [3.8, 4) is 11.6 Å². The van der Waals surface area contributed by atoms with Crippen LogP contribution in [0.5, 0.6) is 11.6 Å². The molecule has 1 aliphatic heterocycles. The van der Waals surface area contributed by atoms with E-state index in [1.807, 2.05) is 24.3 Å². The highest BCUT2D eigenvalue weighted by molar-refractivity contribution is 5.92. The van der Waals surface area contributed by atoms with Crippen molar-refractivity contribution < 1.29 is 9.53 Å². The number of para-hydroxylation sites is 2. The number of fused-ring (bicyclic) bond motifs is 2. The summed E-state index contributed by atoms with van der Waals surface area (Å²) in [6.07, 6.45) is 2.40. The first-order valence-corrected chi connectivity index (χ1v) is 4.86. The van der Waals surface area contributed by atoms with Crippen molar-refractivity contribution >= 4 is 17.8 Å². The number of hydrogen-bond acceptors (Lipinski definition) is 3. The van der Waals surface area contributed by atoms with Crippen LogP contribution in [0.2, 0.25) is 0 Å². The minimum atomic E-state index is 0.452. The highest BCUT2D eigenvalue weighted by Gasteiger charge is 2.23. The molecule has 1 aliphatic rings. The van der Waals surface area contributed by atoms with Crippen LogP contribution in [-0.2, 0) is 4.79 Å². The summed E-state index contributed by atoms with van der Waals surface area (Å²) in [5, 5.41) is 0. The molecule has 0 saturated carbocycles. The Morgan fingerprint density at radius 3 is 2.81 bits per heavy atom. The molecular formula is C12H8N2O2. The predicted octanol–water partition coefficient (Wildman–Crippen LogP) is 2.48. The Labute approximate surface area is 92.1 Å². The van der Waals surface area contributed by atoms with Gasteiger partial charge in [-0.2, -0.15) is 0 Å². The zero-order valence-electron chi connectivity index (χ0n) is 8.33. The van der Waals surface area contributed by atoms with Gasteiger partial charge < -0.3 is 4.74 Å². The maximum absolute atomic E-state index is 11.1. The Morgan fingerprint density at radius 1 is 1.12 bits per heavy atom. The zero-order valence-corrected chi connectivity index (χ0v) is 8.33. The summed E-state index contributed by atoms with van der Waals surface area (Å²) in [7, 11) is 0. The number of rotatable bonds is 1. The topological polar surface area (TPSA) is 42.4 Å². The molecule has 78 valence electrons. The summed E-state index contributed by atoms with van der Waals surface area (Å²) >= 11 is 0. The number of ether oxygens (including phenoxy) is 1. The van der Waals surface area contributed by atoms with Crippen LogP contribution in [0.15, 0.2) is 42.6 Å². The first kappa shape index (κ1) is 8.91. The normalized spacial score (nSPS) is 12.4. The van der Waals surface area contributed by atoms with Gasteiger partial charge in [0.2, 0.25) is 12.3 Å². The second-order valence-electron chi connectivity index (χ2n) is 3.37. The van der Waals surface area contributed by atoms with Crippen LogP contribution < -0.4 is 9.64 Å². The van der Waals surface area contributed by atoms with Gasteiger partial charge in [-0.05, 0) is 24.3 Å². The smallest absolute Gasteiger partial charge is 0.243 e. The number of carbonyl (C=O) groups excluding carboxylic acids is 1. The summed E-state index contributed by atoms with van der Waals surface area (Å²) in [4.78, 5) is 16.8. The zero-order chi connectivity index (χ0) is 11.0. The molecule has 2 heterocycles. The van der Waals surface area contributed by atoms with Crippen LogP contribution >= 0.6 is 0 Å². The lowest BCUT2D eigenvalue weighted by Crippen LogP contribution is -2.19. The van der Waals surface area contributed by atoms with Crippen molar-refractivity contribution in [2.75, 3.05) is 4.90 Å². The Morgan fingerprint density at radius 2 is 1.94 bits per heavy atom. The molecule has 0 N–H and O–H groups in total. The molecule has 2 aromatic rings. The summed E-state index contributed by atoms with van der Waals surface area (Å²) in [5.74, 6) is 1.09. The second kappa shape index (κ2) is 3.34. The van der Waals surface area contributed by atoms with Gasteiger partial charge in [-0.25, -0.2) is 4.98 Å². The van der Waals surface area contributed by atoms with Crippen molar-refractivity contribution in [3.05, 3.63) is 42.6 Å². The largest absolute Gasteiger partial charge is 0.435 e. The third-order valence-electron chi connectivity index (χ3n) is 2.45. The van der Waals surface area contributed by atoms with Gasteiger partial charge in [0, 0.05) is 6.20 Å². The predicted molar refractivity (Wildman–Crippen MR) is 59.0 cm³/mol. The first-order chi connectivity index (χ1) is 7.90. The van der Waals surface area contributed by atoms with E-state index < -0.39 is 0 Å². The third kappa shape index (κ3) is 1.16. The van der Waals surface area contributed by atoms with Crippen molar-refractivity contribution in [3.63, 3.8) is 0 Å². The summed E-state index contributed by atoms with van der Waals surface area (Å²) in [6.45, 7) is 0. The number of benzene rings is 1. The third-order valence-corrected chi connectivity index (χ3v) is 2.45. The highest BCUT2D eigenvalue weighted by atomic mass is 16.5. The Kier molecular flexibility index (Phi) is 1.86. The molecular weight excluding hydrogens is 204 g/mol. The summed E-state index contributed by atoms with van der Waals surface area (Å²) < 4.78 is 5.60. The number of pyridine rings is 1. The molecule has 4 nitrogen and oxygen atoms in total. The number of nitrogens with zero attached hydrogens (tertiary/aromatic N) is 2. The number of aromatic nitrogens is 1. The van der Waals surface area contributed by atoms with Crippen LogP contribution in [0.25, 0.3) is 0 Å². The molecule has 16 heavy (non-hydrogen) atoms. The van der Waals surface area contributed by atoms with Crippen LogP contribution in [0.4, 0.5) is 11.4 Å². The molecule has 0 saturated heterocycles. The molecule has 0 bridgehead atoms. The van der Waals surface area contributed by atoms with E-state index in [1.165, 1.54) is 4.90 Å². The van der Waals surface area contributed by atoms with E-state index in [0.717, 1.165) is 12.1 Å². The van der Waals surface area contributed by atoms with E-state index in [-0.39, 0.29) is 0 Å². The fourth-order valence-electron chi connectivity index (χ4n) is 1.73. The molecule has 0 fully saturated rings. The van der Waals surface area contributed by atoms with E-state index in [9.17, 15) is 4.79 Å². The summed E-state index contributed by atoms with van der Waals surface area (Å²) in [5.41, 5.74) is 1.40. The number of carbonyl (C=O) groups is 1. The van der Waals surface area contributed by atoms with E-state index in [1.54, 1.807) is 18.3 Å². The number of hydrogen-bond donors (Lipinski definition) is 0. The molecule has 4 heteroatoms. The lowest BCUT2D eigenvalue weighted by atomic mass is 10.2. The Hall–Kier alpha value is -2.36.